The molecule has 0 fully saturated rings. The fraction of sp³-hybridized carbons (Fsp3) is 0.250. The number of fused-ring (bicyclic) bond motifs is 1. The lowest BCUT2D eigenvalue weighted by Gasteiger charge is -2.15. The van der Waals surface area contributed by atoms with Crippen molar-refractivity contribution in [2.24, 2.45) is 0 Å². The lowest BCUT2D eigenvalue weighted by Crippen LogP contribution is -2.35. The Morgan fingerprint density at radius 3 is 2.52 bits per heavy atom. The Balaban J connectivity index is 1.77. The first kappa shape index (κ1) is 18.4. The molecule has 1 heterocycles. The molecule has 2 N–H and O–H groups in total. The van der Waals surface area contributed by atoms with Crippen molar-refractivity contribution in [2.75, 3.05) is 14.2 Å². The summed E-state index contributed by atoms with van der Waals surface area (Å²) in [4.78, 5) is 24.5. The van der Waals surface area contributed by atoms with Gasteiger partial charge in [-0.15, -0.1) is 0 Å². The van der Waals surface area contributed by atoms with Gasteiger partial charge in [-0.1, -0.05) is 24.3 Å². The van der Waals surface area contributed by atoms with Crippen LogP contribution in [0.3, 0.4) is 0 Å². The highest BCUT2D eigenvalue weighted by Gasteiger charge is 2.16. The number of rotatable bonds is 6. The minimum absolute atomic E-state index is 0.150. The van der Waals surface area contributed by atoms with E-state index >= 15 is 0 Å². The molecule has 7 heteroatoms. The number of hydrogen-bond acceptors (Lipinski definition) is 5. The van der Waals surface area contributed by atoms with Crippen molar-refractivity contribution < 1.29 is 14.3 Å². The van der Waals surface area contributed by atoms with Crippen molar-refractivity contribution in [2.45, 2.75) is 19.4 Å². The number of aromatic amines is 1. The number of H-pyrrole nitrogens is 1. The molecule has 0 saturated carbocycles. The highest BCUT2D eigenvalue weighted by Crippen LogP contribution is 2.28. The minimum Gasteiger partial charge on any atom is -0.493 e. The van der Waals surface area contributed by atoms with Gasteiger partial charge in [0.2, 0.25) is 0 Å². The van der Waals surface area contributed by atoms with Crippen LogP contribution in [-0.4, -0.2) is 36.4 Å². The second-order valence-corrected chi connectivity index (χ2v) is 6.21. The molecule has 2 aromatic carbocycles. The van der Waals surface area contributed by atoms with Crippen molar-refractivity contribution in [1.29, 1.82) is 0 Å². The van der Waals surface area contributed by atoms with E-state index in [0.29, 0.717) is 28.7 Å². The fourth-order valence-corrected chi connectivity index (χ4v) is 2.99. The number of nitrogens with one attached hydrogen (secondary N) is 2. The van der Waals surface area contributed by atoms with E-state index in [1.165, 1.54) is 0 Å². The van der Waals surface area contributed by atoms with Crippen molar-refractivity contribution >= 4 is 16.7 Å². The summed E-state index contributed by atoms with van der Waals surface area (Å²) in [6.07, 6.45) is 0.605. The van der Waals surface area contributed by atoms with Gasteiger partial charge in [0.25, 0.3) is 11.5 Å². The lowest BCUT2D eigenvalue weighted by atomic mass is 10.1. The molecule has 0 radical (unpaired) electrons. The summed E-state index contributed by atoms with van der Waals surface area (Å²) >= 11 is 0. The van der Waals surface area contributed by atoms with Gasteiger partial charge in [0.05, 0.1) is 19.6 Å². The Morgan fingerprint density at radius 2 is 1.81 bits per heavy atom. The lowest BCUT2D eigenvalue weighted by molar-refractivity contribution is 0.0936. The van der Waals surface area contributed by atoms with E-state index in [9.17, 15) is 9.59 Å². The molecule has 3 rings (SSSR count). The van der Waals surface area contributed by atoms with Gasteiger partial charge in [-0.3, -0.25) is 9.59 Å². The van der Waals surface area contributed by atoms with E-state index in [1.807, 2.05) is 25.1 Å². The second kappa shape index (κ2) is 7.90. The van der Waals surface area contributed by atoms with Gasteiger partial charge in [0.1, 0.15) is 0 Å². The van der Waals surface area contributed by atoms with Crippen LogP contribution in [0.25, 0.3) is 10.8 Å². The van der Waals surface area contributed by atoms with Crippen LogP contribution >= 0.6 is 0 Å². The first-order valence-electron chi connectivity index (χ1n) is 8.52. The maximum absolute atomic E-state index is 12.7. The average Bonchev–Trinajstić information content (AvgIpc) is 2.68. The molecule has 0 spiro atoms. The van der Waals surface area contributed by atoms with Crippen LogP contribution in [0.2, 0.25) is 0 Å². The van der Waals surface area contributed by atoms with Gasteiger partial charge < -0.3 is 14.8 Å². The van der Waals surface area contributed by atoms with E-state index in [2.05, 4.69) is 15.5 Å². The van der Waals surface area contributed by atoms with Crippen LogP contribution in [0.15, 0.2) is 47.3 Å². The third kappa shape index (κ3) is 3.92. The Labute approximate surface area is 156 Å². The summed E-state index contributed by atoms with van der Waals surface area (Å²) in [6, 6.07) is 12.4. The van der Waals surface area contributed by atoms with Crippen molar-refractivity contribution in [3.8, 4) is 11.5 Å². The average molecular weight is 367 g/mol. The summed E-state index contributed by atoms with van der Waals surface area (Å²) in [5, 5.41) is 10.2. The Hall–Kier alpha value is -3.35. The number of benzene rings is 2. The van der Waals surface area contributed by atoms with Crippen molar-refractivity contribution in [3.63, 3.8) is 0 Å². The molecule has 27 heavy (non-hydrogen) atoms. The van der Waals surface area contributed by atoms with Gasteiger partial charge in [0, 0.05) is 11.4 Å². The summed E-state index contributed by atoms with van der Waals surface area (Å²) in [6.45, 7) is 1.91. The molecule has 0 unspecified atom stereocenters. The zero-order valence-corrected chi connectivity index (χ0v) is 15.4. The second-order valence-electron chi connectivity index (χ2n) is 6.21. The van der Waals surface area contributed by atoms with Crippen LogP contribution in [-0.2, 0) is 6.42 Å². The van der Waals surface area contributed by atoms with E-state index in [4.69, 9.17) is 9.47 Å². The van der Waals surface area contributed by atoms with E-state index in [0.717, 1.165) is 5.56 Å². The maximum atomic E-state index is 12.7. The quantitative estimate of drug-likeness (QED) is 0.697. The summed E-state index contributed by atoms with van der Waals surface area (Å²) in [7, 11) is 3.17. The zero-order valence-electron chi connectivity index (χ0n) is 15.4. The van der Waals surface area contributed by atoms with E-state index in [1.54, 1.807) is 38.5 Å². The standard InChI is InChI=1S/C20H21N3O4/c1-12(10-13-8-9-16(26-2)17(11-13)27-3)21-20(25)18-14-6-4-5-7-15(14)19(24)23-22-18/h4-9,11-12H,10H2,1-3H3,(H,21,25)(H,23,24)/t12-/m1/s1. The SMILES string of the molecule is COc1ccc(C[C@@H](C)NC(=O)c2n[nH]c(=O)c3ccccc23)cc1OC. The molecule has 140 valence electrons. The molecule has 7 nitrogen and oxygen atoms in total. The first-order valence-corrected chi connectivity index (χ1v) is 8.52. The number of carbonyl (C=O) groups is 1. The minimum atomic E-state index is -0.338. The van der Waals surface area contributed by atoms with Gasteiger partial charge in [-0.25, -0.2) is 5.10 Å². The van der Waals surface area contributed by atoms with E-state index < -0.39 is 0 Å². The Morgan fingerprint density at radius 1 is 1.11 bits per heavy atom. The number of hydrogen-bond donors (Lipinski definition) is 2. The molecule has 3 aromatic rings. The molecule has 1 aromatic heterocycles. The molecular weight excluding hydrogens is 346 g/mol. The monoisotopic (exact) mass is 367 g/mol. The zero-order chi connectivity index (χ0) is 19.4. The molecule has 0 bridgehead atoms. The summed E-state index contributed by atoms with van der Waals surface area (Å²) < 4.78 is 10.5. The van der Waals surface area contributed by atoms with Crippen molar-refractivity contribution in [1.82, 2.24) is 15.5 Å². The number of ether oxygens (including phenoxy) is 2. The number of amides is 1. The smallest absolute Gasteiger partial charge is 0.272 e. The van der Waals surface area contributed by atoms with Crippen LogP contribution in [0.5, 0.6) is 11.5 Å². The maximum Gasteiger partial charge on any atom is 0.272 e. The molecule has 1 atom stereocenters. The van der Waals surface area contributed by atoms with Crippen LogP contribution in [0, 0.1) is 0 Å². The van der Waals surface area contributed by atoms with Crippen LogP contribution in [0.4, 0.5) is 0 Å². The molecule has 0 aliphatic heterocycles. The topological polar surface area (TPSA) is 93.3 Å². The number of carbonyl (C=O) groups excluding carboxylic acids is 1. The summed E-state index contributed by atoms with van der Waals surface area (Å²) in [5.74, 6) is 0.957. The van der Waals surface area contributed by atoms with Crippen LogP contribution in [0.1, 0.15) is 23.0 Å². The third-order valence-corrected chi connectivity index (χ3v) is 4.28. The van der Waals surface area contributed by atoms with Gasteiger partial charge >= 0.3 is 0 Å². The molecule has 0 saturated heterocycles. The number of nitrogens with zero attached hydrogens (tertiary/aromatic N) is 1. The third-order valence-electron chi connectivity index (χ3n) is 4.28. The van der Waals surface area contributed by atoms with Crippen molar-refractivity contribution in [3.05, 3.63) is 64.1 Å². The highest BCUT2D eigenvalue weighted by molar-refractivity contribution is 6.04. The molecule has 1 amide bonds. The number of aromatic nitrogens is 2. The Bertz CT molecular complexity index is 1030. The van der Waals surface area contributed by atoms with E-state index in [-0.39, 0.29) is 23.2 Å². The predicted octanol–water partition coefficient (Wildman–Crippen LogP) is 2.30. The Kier molecular flexibility index (Phi) is 5.40. The fourth-order valence-electron chi connectivity index (χ4n) is 2.99. The molecule has 0 aliphatic carbocycles. The molecular formula is C20H21N3O4. The normalized spacial score (nSPS) is 11.8. The van der Waals surface area contributed by atoms with Gasteiger partial charge in [0.15, 0.2) is 17.2 Å². The number of methoxy groups -OCH3 is 2. The highest BCUT2D eigenvalue weighted by atomic mass is 16.5. The molecule has 0 aliphatic rings. The van der Waals surface area contributed by atoms with Gasteiger partial charge in [-0.05, 0) is 37.1 Å². The first-order chi connectivity index (χ1) is 13.0. The predicted molar refractivity (Wildman–Crippen MR) is 103 cm³/mol. The van der Waals surface area contributed by atoms with Gasteiger partial charge in [-0.2, -0.15) is 5.10 Å². The summed E-state index contributed by atoms with van der Waals surface area (Å²) in [5.41, 5.74) is 0.879. The van der Waals surface area contributed by atoms with Crippen LogP contribution < -0.4 is 20.3 Å². The largest absolute Gasteiger partial charge is 0.493 e.